The third kappa shape index (κ3) is 5.43. The fraction of sp³-hybridized carbons (Fsp3) is 0.417. The molecule has 2 aromatic rings. The minimum absolute atomic E-state index is 0.00358. The lowest BCUT2D eigenvalue weighted by atomic mass is 9.94. The third-order valence-electron chi connectivity index (χ3n) is 5.24. The smallest absolute Gasteiger partial charge is 0.259 e. The average molecular weight is 427 g/mol. The van der Waals surface area contributed by atoms with Crippen molar-refractivity contribution in [2.24, 2.45) is 0 Å². The molecule has 0 saturated carbocycles. The van der Waals surface area contributed by atoms with Crippen molar-refractivity contribution in [2.45, 2.75) is 37.5 Å². The van der Waals surface area contributed by atoms with E-state index in [1.165, 1.54) is 22.9 Å². The molecule has 6 heteroatoms. The molecule has 0 spiro atoms. The van der Waals surface area contributed by atoms with Gasteiger partial charge < -0.3 is 15.0 Å². The van der Waals surface area contributed by atoms with Crippen LogP contribution in [-0.2, 0) is 16.0 Å². The van der Waals surface area contributed by atoms with Crippen molar-refractivity contribution in [2.75, 3.05) is 37.5 Å². The van der Waals surface area contributed by atoms with Crippen LogP contribution in [0.3, 0.4) is 0 Å². The molecular weight excluding hydrogens is 396 g/mol. The van der Waals surface area contributed by atoms with Crippen LogP contribution in [-0.4, -0.2) is 44.4 Å². The Labute approximate surface area is 183 Å². The van der Waals surface area contributed by atoms with Crippen LogP contribution >= 0.6 is 11.8 Å². The zero-order valence-electron chi connectivity index (χ0n) is 17.9. The highest BCUT2D eigenvalue weighted by molar-refractivity contribution is 8.00. The van der Waals surface area contributed by atoms with E-state index in [1.807, 2.05) is 29.2 Å². The van der Waals surface area contributed by atoms with Crippen LogP contribution in [0, 0.1) is 0 Å². The molecule has 30 heavy (non-hydrogen) atoms. The summed E-state index contributed by atoms with van der Waals surface area (Å²) in [5, 5.41) is 2.81. The molecule has 3 rings (SSSR count). The summed E-state index contributed by atoms with van der Waals surface area (Å²) in [4.78, 5) is 28.2. The van der Waals surface area contributed by atoms with E-state index in [1.54, 1.807) is 7.11 Å². The Morgan fingerprint density at radius 1 is 1.20 bits per heavy atom. The average Bonchev–Trinajstić information content (AvgIpc) is 2.76. The number of nitrogens with zero attached hydrogens (tertiary/aromatic N) is 1. The number of carbonyl (C=O) groups excluding carboxylic acids is 2. The van der Waals surface area contributed by atoms with Crippen LogP contribution in [0.1, 0.15) is 47.7 Å². The fourth-order valence-corrected chi connectivity index (χ4v) is 4.46. The molecule has 5 nitrogen and oxygen atoms in total. The van der Waals surface area contributed by atoms with Crippen LogP contribution < -0.4 is 10.2 Å². The van der Waals surface area contributed by atoms with Crippen molar-refractivity contribution in [1.29, 1.82) is 0 Å². The van der Waals surface area contributed by atoms with E-state index in [0.29, 0.717) is 31.2 Å². The number of thioether (sulfide) groups is 1. The summed E-state index contributed by atoms with van der Waals surface area (Å²) in [6, 6.07) is 14.0. The monoisotopic (exact) mass is 426 g/mol. The summed E-state index contributed by atoms with van der Waals surface area (Å²) in [5.74, 6) is 0.663. The van der Waals surface area contributed by atoms with Crippen molar-refractivity contribution in [3.63, 3.8) is 0 Å². The summed E-state index contributed by atoms with van der Waals surface area (Å²) in [6.07, 6.45) is 1.95. The van der Waals surface area contributed by atoms with E-state index in [-0.39, 0.29) is 17.6 Å². The molecular formula is C24H30N2O3S. The Morgan fingerprint density at radius 3 is 2.77 bits per heavy atom. The largest absolute Gasteiger partial charge is 0.383 e. The summed E-state index contributed by atoms with van der Waals surface area (Å²) in [5.41, 5.74) is 4.20. The van der Waals surface area contributed by atoms with Gasteiger partial charge in [0.15, 0.2) is 0 Å². The zero-order valence-corrected chi connectivity index (χ0v) is 18.8. The number of anilines is 1. The summed E-state index contributed by atoms with van der Waals surface area (Å²) in [6.45, 7) is 6.06. The van der Waals surface area contributed by atoms with Gasteiger partial charge in [-0.05, 0) is 48.1 Å². The van der Waals surface area contributed by atoms with Crippen LogP contribution in [0.15, 0.2) is 47.4 Å². The van der Waals surface area contributed by atoms with Crippen LogP contribution in [0.5, 0.6) is 0 Å². The molecule has 1 aliphatic heterocycles. The first-order valence-electron chi connectivity index (χ1n) is 10.4. The molecule has 160 valence electrons. The molecule has 0 radical (unpaired) electrons. The second-order valence-corrected chi connectivity index (χ2v) is 8.75. The molecule has 2 aromatic carbocycles. The normalized spacial score (nSPS) is 13.3. The Bertz CT molecular complexity index is 898. The van der Waals surface area contributed by atoms with Gasteiger partial charge in [-0.1, -0.05) is 38.1 Å². The van der Waals surface area contributed by atoms with Crippen molar-refractivity contribution in [3.05, 3.63) is 59.2 Å². The van der Waals surface area contributed by atoms with E-state index >= 15 is 0 Å². The number of rotatable bonds is 8. The number of aryl methyl sites for hydroxylation is 1. The van der Waals surface area contributed by atoms with Crippen LogP contribution in [0.2, 0.25) is 0 Å². The van der Waals surface area contributed by atoms with Gasteiger partial charge >= 0.3 is 0 Å². The Kier molecular flexibility index (Phi) is 7.94. The number of fused-ring (bicyclic) bond motifs is 1. The minimum atomic E-state index is -0.0659. The van der Waals surface area contributed by atoms with E-state index in [4.69, 9.17) is 4.74 Å². The van der Waals surface area contributed by atoms with Gasteiger partial charge in [-0.15, -0.1) is 11.8 Å². The number of benzene rings is 2. The van der Waals surface area contributed by atoms with Gasteiger partial charge in [-0.25, -0.2) is 0 Å². The molecule has 2 amide bonds. The molecule has 0 atom stereocenters. The van der Waals surface area contributed by atoms with Gasteiger partial charge in [-0.2, -0.15) is 0 Å². The number of amides is 2. The lowest BCUT2D eigenvalue weighted by Gasteiger charge is -2.30. The first-order chi connectivity index (χ1) is 14.5. The summed E-state index contributed by atoms with van der Waals surface area (Å²) < 4.78 is 4.95. The van der Waals surface area contributed by atoms with Crippen molar-refractivity contribution in [3.8, 4) is 0 Å². The quantitative estimate of drug-likeness (QED) is 0.506. The summed E-state index contributed by atoms with van der Waals surface area (Å²) >= 11 is 1.39. The highest BCUT2D eigenvalue weighted by Gasteiger charge is 2.25. The predicted octanol–water partition coefficient (Wildman–Crippen LogP) is 4.26. The highest BCUT2D eigenvalue weighted by Crippen LogP contribution is 2.33. The fourth-order valence-electron chi connectivity index (χ4n) is 3.59. The molecule has 0 bridgehead atoms. The van der Waals surface area contributed by atoms with Crippen LogP contribution in [0.4, 0.5) is 5.69 Å². The molecule has 0 fully saturated rings. The molecule has 0 saturated heterocycles. The molecule has 0 unspecified atom stereocenters. The number of methoxy groups -OCH3 is 1. The van der Waals surface area contributed by atoms with Crippen molar-refractivity contribution < 1.29 is 14.3 Å². The zero-order chi connectivity index (χ0) is 21.5. The topological polar surface area (TPSA) is 58.6 Å². The van der Waals surface area contributed by atoms with E-state index in [2.05, 4.69) is 37.4 Å². The Morgan fingerprint density at radius 2 is 2.00 bits per heavy atom. The third-order valence-corrected chi connectivity index (χ3v) is 6.31. The highest BCUT2D eigenvalue weighted by atomic mass is 32.2. The lowest BCUT2D eigenvalue weighted by Crippen LogP contribution is -2.36. The molecule has 0 aromatic heterocycles. The van der Waals surface area contributed by atoms with Gasteiger partial charge in [0.25, 0.3) is 5.91 Å². The van der Waals surface area contributed by atoms with Gasteiger partial charge in [0.05, 0.1) is 17.9 Å². The number of nitrogens with one attached hydrogen (secondary N) is 1. The van der Waals surface area contributed by atoms with Gasteiger partial charge in [0.1, 0.15) is 0 Å². The number of hydrogen-bond acceptors (Lipinski definition) is 4. The second kappa shape index (κ2) is 10.6. The van der Waals surface area contributed by atoms with Crippen molar-refractivity contribution in [1.82, 2.24) is 5.32 Å². The van der Waals surface area contributed by atoms with E-state index in [0.717, 1.165) is 23.4 Å². The van der Waals surface area contributed by atoms with Gasteiger partial charge in [-0.3, -0.25) is 9.59 Å². The second-order valence-electron chi connectivity index (χ2n) is 7.73. The van der Waals surface area contributed by atoms with Gasteiger partial charge in [0, 0.05) is 30.8 Å². The Balaban J connectivity index is 1.76. The number of ether oxygens (including phenoxy) is 1. The standard InChI is InChI=1S/C24H30N2O3S/c1-17(2)18-10-11-21-19(15-18)7-6-13-26(21)24(28)20-8-4-5-9-22(20)30-16-23(27)25-12-14-29-3/h4-5,8-11,15,17H,6-7,12-14,16H2,1-3H3,(H,25,27). The van der Waals surface area contributed by atoms with Gasteiger partial charge in [0.2, 0.25) is 5.91 Å². The minimum Gasteiger partial charge on any atom is -0.383 e. The van der Waals surface area contributed by atoms with Crippen LogP contribution in [0.25, 0.3) is 0 Å². The van der Waals surface area contributed by atoms with Crippen molar-refractivity contribution >= 4 is 29.3 Å². The molecule has 1 N–H and O–H groups in total. The SMILES string of the molecule is COCCNC(=O)CSc1ccccc1C(=O)N1CCCc2cc(C(C)C)ccc21. The first-order valence-corrected chi connectivity index (χ1v) is 11.4. The first kappa shape index (κ1) is 22.4. The lowest BCUT2D eigenvalue weighted by molar-refractivity contribution is -0.118. The molecule has 1 heterocycles. The predicted molar refractivity (Wildman–Crippen MR) is 123 cm³/mol. The maximum Gasteiger partial charge on any atom is 0.259 e. The maximum absolute atomic E-state index is 13.5. The summed E-state index contributed by atoms with van der Waals surface area (Å²) in [7, 11) is 1.60. The number of carbonyl (C=O) groups is 2. The molecule has 1 aliphatic rings. The number of hydrogen-bond donors (Lipinski definition) is 1. The Hall–Kier alpha value is -2.31. The molecule has 0 aliphatic carbocycles. The van der Waals surface area contributed by atoms with E-state index < -0.39 is 0 Å². The van der Waals surface area contributed by atoms with E-state index in [9.17, 15) is 9.59 Å². The maximum atomic E-state index is 13.5.